The molecule has 15 heavy (non-hydrogen) atoms. The molecule has 0 radical (unpaired) electrons. The third-order valence-electron chi connectivity index (χ3n) is 2.93. The number of carbonyl (C=O) groups excluding carboxylic acids is 1. The lowest BCUT2D eigenvalue weighted by atomic mass is 10.2. The molecule has 0 aromatic rings. The molecule has 0 aromatic heterocycles. The van der Waals surface area contributed by atoms with E-state index < -0.39 is 12.0 Å². The fourth-order valence-electron chi connectivity index (χ4n) is 1.66. The number of urea groups is 1. The van der Waals surface area contributed by atoms with E-state index in [4.69, 9.17) is 5.11 Å². The van der Waals surface area contributed by atoms with Crippen LogP contribution in [0.3, 0.4) is 0 Å². The Balaban J connectivity index is 2.56. The van der Waals surface area contributed by atoms with Crippen molar-refractivity contribution in [3.63, 3.8) is 0 Å². The topological polar surface area (TPSA) is 60.9 Å². The second-order valence-corrected chi connectivity index (χ2v) is 4.25. The second-order valence-electron chi connectivity index (χ2n) is 4.25. The number of carboxylic acids is 1. The average molecular weight is 214 g/mol. The molecule has 2 atom stereocenters. The predicted molar refractivity (Wildman–Crippen MR) is 55.6 cm³/mol. The zero-order valence-electron chi connectivity index (χ0n) is 9.43. The molecule has 0 bridgehead atoms. The van der Waals surface area contributed by atoms with Crippen LogP contribution in [0.2, 0.25) is 0 Å². The monoisotopic (exact) mass is 214 g/mol. The minimum Gasteiger partial charge on any atom is -0.480 e. The first-order valence-corrected chi connectivity index (χ1v) is 5.18. The lowest BCUT2D eigenvalue weighted by Gasteiger charge is -2.27. The van der Waals surface area contributed by atoms with E-state index in [1.54, 1.807) is 4.90 Å². The number of hydrogen-bond acceptors (Lipinski definition) is 2. The molecule has 5 nitrogen and oxygen atoms in total. The summed E-state index contributed by atoms with van der Waals surface area (Å²) in [6.07, 6.45) is 1.00. The Morgan fingerprint density at radius 1 is 1.53 bits per heavy atom. The number of likely N-dealkylation sites (N-methyl/N-ethyl adjacent to an activating group) is 1. The van der Waals surface area contributed by atoms with E-state index in [9.17, 15) is 9.59 Å². The van der Waals surface area contributed by atoms with Crippen LogP contribution in [0.4, 0.5) is 4.79 Å². The van der Waals surface area contributed by atoms with Crippen LogP contribution in [-0.2, 0) is 4.79 Å². The van der Waals surface area contributed by atoms with Gasteiger partial charge in [0, 0.05) is 20.1 Å². The molecular weight excluding hydrogens is 196 g/mol. The van der Waals surface area contributed by atoms with E-state index in [2.05, 4.69) is 6.92 Å². The Hall–Kier alpha value is -1.26. The van der Waals surface area contributed by atoms with Crippen molar-refractivity contribution in [1.29, 1.82) is 0 Å². The Morgan fingerprint density at radius 3 is 2.53 bits per heavy atom. The molecule has 2 unspecified atom stereocenters. The fraction of sp³-hybridized carbons (Fsp3) is 0.800. The summed E-state index contributed by atoms with van der Waals surface area (Å²) < 4.78 is 0. The lowest BCUT2D eigenvalue weighted by molar-refractivity contribution is -0.141. The number of carbonyl (C=O) groups is 2. The Kier molecular flexibility index (Phi) is 3.55. The molecule has 1 heterocycles. The van der Waals surface area contributed by atoms with Crippen LogP contribution in [0.1, 0.15) is 20.3 Å². The number of likely N-dealkylation sites (tertiary alicyclic amines) is 1. The van der Waals surface area contributed by atoms with Gasteiger partial charge in [0.1, 0.15) is 6.04 Å². The summed E-state index contributed by atoms with van der Waals surface area (Å²) in [5, 5.41) is 8.78. The van der Waals surface area contributed by atoms with Crippen LogP contribution in [-0.4, -0.2) is 53.1 Å². The lowest BCUT2D eigenvalue weighted by Crippen LogP contribution is -2.47. The van der Waals surface area contributed by atoms with Gasteiger partial charge in [0.2, 0.25) is 0 Å². The number of aliphatic carboxylic acids is 1. The number of amides is 2. The van der Waals surface area contributed by atoms with E-state index in [1.165, 1.54) is 18.9 Å². The van der Waals surface area contributed by atoms with Gasteiger partial charge in [-0.25, -0.2) is 9.59 Å². The maximum atomic E-state index is 11.8. The summed E-state index contributed by atoms with van der Waals surface area (Å²) in [7, 11) is 1.53. The quantitative estimate of drug-likeness (QED) is 0.741. The van der Waals surface area contributed by atoms with Crippen LogP contribution >= 0.6 is 0 Å². The molecule has 2 amide bonds. The largest absolute Gasteiger partial charge is 0.480 e. The van der Waals surface area contributed by atoms with Gasteiger partial charge < -0.3 is 14.9 Å². The first kappa shape index (κ1) is 11.8. The first-order chi connectivity index (χ1) is 6.93. The van der Waals surface area contributed by atoms with Gasteiger partial charge in [-0.2, -0.15) is 0 Å². The van der Waals surface area contributed by atoms with Crippen LogP contribution in [0.15, 0.2) is 0 Å². The molecule has 0 saturated carbocycles. The van der Waals surface area contributed by atoms with Crippen LogP contribution in [0, 0.1) is 5.92 Å². The summed E-state index contributed by atoms with van der Waals surface area (Å²) >= 11 is 0. The average Bonchev–Trinajstić information content (AvgIpc) is 2.61. The minimum absolute atomic E-state index is 0.186. The smallest absolute Gasteiger partial charge is 0.326 e. The number of nitrogens with zero attached hydrogens (tertiary/aromatic N) is 2. The Bertz CT molecular complexity index is 267. The molecule has 1 fully saturated rings. The van der Waals surface area contributed by atoms with E-state index in [1.807, 2.05) is 0 Å². The maximum Gasteiger partial charge on any atom is 0.326 e. The second kappa shape index (κ2) is 4.51. The normalized spacial score (nSPS) is 22.6. The highest BCUT2D eigenvalue weighted by Crippen LogP contribution is 2.17. The van der Waals surface area contributed by atoms with Gasteiger partial charge in [-0.3, -0.25) is 0 Å². The summed E-state index contributed by atoms with van der Waals surface area (Å²) in [6.45, 7) is 5.07. The van der Waals surface area contributed by atoms with Crippen molar-refractivity contribution < 1.29 is 14.7 Å². The molecule has 1 N–H and O–H groups in total. The minimum atomic E-state index is -0.974. The molecule has 86 valence electrons. The van der Waals surface area contributed by atoms with Gasteiger partial charge >= 0.3 is 12.0 Å². The van der Waals surface area contributed by atoms with Crippen LogP contribution in [0.5, 0.6) is 0 Å². The molecule has 1 saturated heterocycles. The third kappa shape index (κ3) is 2.61. The summed E-state index contributed by atoms with van der Waals surface area (Å²) in [5.41, 5.74) is 0. The summed E-state index contributed by atoms with van der Waals surface area (Å²) in [4.78, 5) is 25.5. The standard InChI is InChI=1S/C10H18N2O3/c1-7-4-5-12(6-7)10(15)11(3)8(2)9(13)14/h7-8H,4-6H2,1-3H3,(H,13,14). The van der Waals surface area contributed by atoms with E-state index in [-0.39, 0.29) is 6.03 Å². The molecule has 0 aromatic carbocycles. The molecule has 0 aliphatic carbocycles. The molecule has 1 aliphatic rings. The van der Waals surface area contributed by atoms with Crippen LogP contribution < -0.4 is 0 Å². The maximum absolute atomic E-state index is 11.8. The van der Waals surface area contributed by atoms with Gasteiger partial charge in [-0.15, -0.1) is 0 Å². The van der Waals surface area contributed by atoms with Crippen molar-refractivity contribution in [2.24, 2.45) is 5.92 Å². The third-order valence-corrected chi connectivity index (χ3v) is 2.93. The molecule has 0 spiro atoms. The van der Waals surface area contributed by atoms with Gasteiger partial charge in [-0.05, 0) is 19.3 Å². The molecule has 1 rings (SSSR count). The van der Waals surface area contributed by atoms with Gasteiger partial charge in [0.25, 0.3) is 0 Å². The van der Waals surface area contributed by atoms with Crippen molar-refractivity contribution >= 4 is 12.0 Å². The highest BCUT2D eigenvalue weighted by atomic mass is 16.4. The number of hydrogen-bond donors (Lipinski definition) is 1. The van der Waals surface area contributed by atoms with Gasteiger partial charge in [0.15, 0.2) is 0 Å². The van der Waals surface area contributed by atoms with Gasteiger partial charge in [0.05, 0.1) is 0 Å². The molecule has 1 aliphatic heterocycles. The van der Waals surface area contributed by atoms with E-state index >= 15 is 0 Å². The van der Waals surface area contributed by atoms with Crippen molar-refractivity contribution in [2.45, 2.75) is 26.3 Å². The first-order valence-electron chi connectivity index (χ1n) is 5.18. The van der Waals surface area contributed by atoms with Crippen molar-refractivity contribution in [3.8, 4) is 0 Å². The number of carboxylic acid groups (broad SMARTS) is 1. The highest BCUT2D eigenvalue weighted by molar-refractivity contribution is 5.82. The Labute approximate surface area is 89.7 Å². The van der Waals surface area contributed by atoms with E-state index in [0.29, 0.717) is 5.92 Å². The molecule has 5 heteroatoms. The highest BCUT2D eigenvalue weighted by Gasteiger charge is 2.29. The van der Waals surface area contributed by atoms with E-state index in [0.717, 1.165) is 19.5 Å². The van der Waals surface area contributed by atoms with Gasteiger partial charge in [-0.1, -0.05) is 6.92 Å². The van der Waals surface area contributed by atoms with Crippen molar-refractivity contribution in [3.05, 3.63) is 0 Å². The van der Waals surface area contributed by atoms with Crippen molar-refractivity contribution in [2.75, 3.05) is 20.1 Å². The SMILES string of the molecule is CC1CCN(C(=O)N(C)C(C)C(=O)O)C1. The predicted octanol–water partition coefficient (Wildman–Crippen LogP) is 0.853. The molecular formula is C10H18N2O3. The fourth-order valence-corrected chi connectivity index (χ4v) is 1.66. The summed E-state index contributed by atoms with van der Waals surface area (Å²) in [6, 6.07) is -0.956. The van der Waals surface area contributed by atoms with Crippen LogP contribution in [0.25, 0.3) is 0 Å². The number of rotatable bonds is 2. The Morgan fingerprint density at radius 2 is 2.13 bits per heavy atom. The van der Waals surface area contributed by atoms with Crippen molar-refractivity contribution in [1.82, 2.24) is 9.80 Å². The zero-order valence-corrected chi connectivity index (χ0v) is 9.43. The summed E-state index contributed by atoms with van der Waals surface area (Å²) in [5.74, 6) is -0.458. The zero-order chi connectivity index (χ0) is 11.6.